The fourth-order valence-electron chi connectivity index (χ4n) is 1.31. The summed E-state index contributed by atoms with van der Waals surface area (Å²) in [5.74, 6) is 0. The highest BCUT2D eigenvalue weighted by Crippen LogP contribution is 2.13. The molecular formula is C13H18N2O3. The lowest BCUT2D eigenvalue weighted by Crippen LogP contribution is -2.34. The van der Waals surface area contributed by atoms with Crippen LogP contribution in [0.4, 0.5) is 4.79 Å². The number of hydrogen-bond acceptors (Lipinski definition) is 4. The molecule has 0 aliphatic heterocycles. The molecule has 0 unspecified atom stereocenters. The van der Waals surface area contributed by atoms with Crippen molar-refractivity contribution >= 4 is 12.4 Å². The minimum Gasteiger partial charge on any atom is -0.444 e. The van der Waals surface area contributed by atoms with Crippen molar-refractivity contribution in [1.82, 2.24) is 10.3 Å². The summed E-state index contributed by atoms with van der Waals surface area (Å²) in [4.78, 5) is 26.0. The zero-order valence-corrected chi connectivity index (χ0v) is 11.1. The van der Waals surface area contributed by atoms with Gasteiger partial charge in [0.05, 0.1) is 6.04 Å². The molecule has 0 bridgehead atoms. The first-order chi connectivity index (χ1) is 8.31. The molecule has 0 fully saturated rings. The maximum absolute atomic E-state index is 11.6. The number of pyridine rings is 1. The molecule has 5 nitrogen and oxygen atoms in total. The molecule has 1 aromatic heterocycles. The van der Waals surface area contributed by atoms with Gasteiger partial charge in [0.2, 0.25) is 0 Å². The SMILES string of the molecule is C[C@H](NC(=O)OC(C)(C)C)c1ccc(C=O)nc1. The average molecular weight is 250 g/mol. The molecule has 5 heteroatoms. The molecule has 1 N–H and O–H groups in total. The first-order valence-corrected chi connectivity index (χ1v) is 5.72. The third-order valence-corrected chi connectivity index (χ3v) is 2.16. The first-order valence-electron chi connectivity index (χ1n) is 5.72. The number of nitrogens with zero attached hydrogens (tertiary/aromatic N) is 1. The number of ether oxygens (including phenoxy) is 1. The largest absolute Gasteiger partial charge is 0.444 e. The molecule has 1 rings (SSSR count). The summed E-state index contributed by atoms with van der Waals surface area (Å²) in [6.07, 6.45) is 1.76. The summed E-state index contributed by atoms with van der Waals surface area (Å²) in [6, 6.07) is 3.13. The molecule has 1 amide bonds. The number of aromatic nitrogens is 1. The molecule has 1 heterocycles. The number of carbonyl (C=O) groups excluding carboxylic acids is 2. The van der Waals surface area contributed by atoms with E-state index in [0.717, 1.165) is 5.56 Å². The van der Waals surface area contributed by atoms with E-state index in [-0.39, 0.29) is 6.04 Å². The quantitative estimate of drug-likeness (QED) is 0.837. The van der Waals surface area contributed by atoms with Crippen molar-refractivity contribution in [1.29, 1.82) is 0 Å². The molecule has 0 aromatic carbocycles. The van der Waals surface area contributed by atoms with Gasteiger partial charge in [0.15, 0.2) is 6.29 Å². The van der Waals surface area contributed by atoms with Gasteiger partial charge in [-0.3, -0.25) is 9.78 Å². The predicted molar refractivity (Wildman–Crippen MR) is 67.4 cm³/mol. The standard InChI is InChI=1S/C13H18N2O3/c1-9(15-12(17)18-13(2,3)4)10-5-6-11(8-16)14-7-10/h5-9H,1-4H3,(H,15,17)/t9-/m0/s1. The van der Waals surface area contributed by atoms with Crippen LogP contribution >= 0.6 is 0 Å². The monoisotopic (exact) mass is 250 g/mol. The third-order valence-electron chi connectivity index (χ3n) is 2.16. The van der Waals surface area contributed by atoms with Crippen molar-refractivity contribution in [2.75, 3.05) is 0 Å². The number of aldehydes is 1. The Morgan fingerprint density at radius 1 is 1.44 bits per heavy atom. The molecule has 0 aliphatic carbocycles. The number of rotatable bonds is 3. The van der Waals surface area contributed by atoms with Crippen LogP contribution in [0.3, 0.4) is 0 Å². The lowest BCUT2D eigenvalue weighted by Gasteiger charge is -2.22. The summed E-state index contributed by atoms with van der Waals surface area (Å²) < 4.78 is 5.15. The maximum Gasteiger partial charge on any atom is 0.408 e. The van der Waals surface area contributed by atoms with Crippen molar-refractivity contribution in [3.8, 4) is 0 Å². The van der Waals surface area contributed by atoms with Gasteiger partial charge in [0, 0.05) is 6.20 Å². The van der Waals surface area contributed by atoms with E-state index in [9.17, 15) is 9.59 Å². The van der Waals surface area contributed by atoms with E-state index in [1.54, 1.807) is 39.1 Å². The Labute approximate surface area is 107 Å². The Balaban J connectivity index is 2.61. The van der Waals surface area contributed by atoms with Crippen molar-refractivity contribution < 1.29 is 14.3 Å². The second-order valence-electron chi connectivity index (χ2n) is 5.00. The van der Waals surface area contributed by atoms with E-state index < -0.39 is 11.7 Å². The second kappa shape index (κ2) is 5.62. The van der Waals surface area contributed by atoms with Crippen molar-refractivity contribution in [3.63, 3.8) is 0 Å². The molecule has 1 atom stereocenters. The van der Waals surface area contributed by atoms with Gasteiger partial charge in [-0.05, 0) is 39.3 Å². The summed E-state index contributed by atoms with van der Waals surface area (Å²) in [5, 5.41) is 2.70. The van der Waals surface area contributed by atoms with Crippen LogP contribution in [-0.4, -0.2) is 23.0 Å². The Bertz CT molecular complexity index is 421. The van der Waals surface area contributed by atoms with Gasteiger partial charge in [-0.1, -0.05) is 6.07 Å². The maximum atomic E-state index is 11.6. The van der Waals surface area contributed by atoms with Crippen LogP contribution in [0.25, 0.3) is 0 Å². The highest BCUT2D eigenvalue weighted by atomic mass is 16.6. The fourth-order valence-corrected chi connectivity index (χ4v) is 1.31. The summed E-state index contributed by atoms with van der Waals surface area (Å²) >= 11 is 0. The van der Waals surface area contributed by atoms with Gasteiger partial charge >= 0.3 is 6.09 Å². The summed E-state index contributed by atoms with van der Waals surface area (Å²) in [5.41, 5.74) is 0.651. The predicted octanol–water partition coefficient (Wildman–Crippen LogP) is 2.48. The first kappa shape index (κ1) is 14.2. The molecule has 0 saturated heterocycles. The molecule has 0 aliphatic rings. The van der Waals surface area contributed by atoms with Crippen molar-refractivity contribution in [3.05, 3.63) is 29.6 Å². The number of hydrogen-bond donors (Lipinski definition) is 1. The minimum atomic E-state index is -0.524. The van der Waals surface area contributed by atoms with Crippen LogP contribution in [0, 0.1) is 0 Å². The van der Waals surface area contributed by atoms with Crippen LogP contribution in [-0.2, 0) is 4.74 Å². The van der Waals surface area contributed by atoms with Crippen molar-refractivity contribution in [2.45, 2.75) is 39.3 Å². The van der Waals surface area contributed by atoms with Gasteiger partial charge < -0.3 is 10.1 Å². The molecule has 18 heavy (non-hydrogen) atoms. The van der Waals surface area contributed by atoms with Crippen LogP contribution < -0.4 is 5.32 Å². The molecular weight excluding hydrogens is 232 g/mol. The molecule has 98 valence electrons. The van der Waals surface area contributed by atoms with Crippen molar-refractivity contribution in [2.24, 2.45) is 0 Å². The van der Waals surface area contributed by atoms with E-state index in [4.69, 9.17) is 4.74 Å². The molecule has 0 radical (unpaired) electrons. The number of amides is 1. The smallest absolute Gasteiger partial charge is 0.408 e. The third kappa shape index (κ3) is 4.53. The van der Waals surface area contributed by atoms with E-state index in [1.165, 1.54) is 0 Å². The molecule has 0 spiro atoms. The zero-order chi connectivity index (χ0) is 13.8. The van der Waals surface area contributed by atoms with E-state index in [0.29, 0.717) is 12.0 Å². The van der Waals surface area contributed by atoms with E-state index in [1.807, 2.05) is 6.92 Å². The lowest BCUT2D eigenvalue weighted by molar-refractivity contribution is 0.0507. The summed E-state index contributed by atoms with van der Waals surface area (Å²) in [7, 11) is 0. The van der Waals surface area contributed by atoms with Crippen LogP contribution in [0.2, 0.25) is 0 Å². The highest BCUT2D eigenvalue weighted by Gasteiger charge is 2.18. The van der Waals surface area contributed by atoms with Gasteiger partial charge in [-0.25, -0.2) is 4.79 Å². The van der Waals surface area contributed by atoms with Gasteiger partial charge in [0.25, 0.3) is 0 Å². The molecule has 0 saturated carbocycles. The van der Waals surface area contributed by atoms with E-state index >= 15 is 0 Å². The Kier molecular flexibility index (Phi) is 4.42. The van der Waals surface area contributed by atoms with Gasteiger partial charge in [-0.2, -0.15) is 0 Å². The van der Waals surface area contributed by atoms with Crippen LogP contribution in [0.1, 0.15) is 49.8 Å². The highest BCUT2D eigenvalue weighted by molar-refractivity contribution is 5.71. The van der Waals surface area contributed by atoms with Crippen LogP contribution in [0.5, 0.6) is 0 Å². The zero-order valence-electron chi connectivity index (χ0n) is 11.1. The Hall–Kier alpha value is -1.91. The summed E-state index contributed by atoms with van der Waals surface area (Å²) in [6.45, 7) is 7.23. The Morgan fingerprint density at radius 2 is 2.11 bits per heavy atom. The Morgan fingerprint density at radius 3 is 2.56 bits per heavy atom. The number of carbonyl (C=O) groups is 2. The lowest BCUT2D eigenvalue weighted by atomic mass is 10.1. The van der Waals surface area contributed by atoms with E-state index in [2.05, 4.69) is 10.3 Å². The van der Waals surface area contributed by atoms with Crippen LogP contribution in [0.15, 0.2) is 18.3 Å². The minimum absolute atomic E-state index is 0.229. The van der Waals surface area contributed by atoms with Gasteiger partial charge in [0.1, 0.15) is 11.3 Å². The topological polar surface area (TPSA) is 68.3 Å². The molecule has 1 aromatic rings. The number of nitrogens with one attached hydrogen (secondary N) is 1. The normalized spacial score (nSPS) is 12.7. The number of alkyl carbamates (subject to hydrolysis) is 1. The average Bonchev–Trinajstić information content (AvgIpc) is 2.26. The van der Waals surface area contributed by atoms with Gasteiger partial charge in [-0.15, -0.1) is 0 Å². The second-order valence-corrected chi connectivity index (χ2v) is 5.00. The fraction of sp³-hybridized carbons (Fsp3) is 0.462.